The molecule has 7 nitrogen and oxygen atoms in total. The number of carbonyl (C=O) groups excluding carboxylic acids is 2. The molecule has 3 heterocycles. The molecule has 0 fully saturated rings. The number of aromatic nitrogens is 1. The van der Waals surface area contributed by atoms with Crippen molar-refractivity contribution in [3.63, 3.8) is 0 Å². The summed E-state index contributed by atoms with van der Waals surface area (Å²) < 4.78 is 5.24. The first-order valence-electron chi connectivity index (χ1n) is 9.85. The van der Waals surface area contributed by atoms with Gasteiger partial charge in [-0.2, -0.15) is 5.26 Å². The Kier molecular flexibility index (Phi) is 5.75. The second-order valence-corrected chi connectivity index (χ2v) is 8.17. The average molecular weight is 445 g/mol. The van der Waals surface area contributed by atoms with Gasteiger partial charge in [-0.1, -0.05) is 18.2 Å². The number of nitriles is 1. The molecule has 0 radical (unpaired) electrons. The topological polar surface area (TPSA) is 86.5 Å². The molecule has 4 rings (SSSR count). The van der Waals surface area contributed by atoms with Gasteiger partial charge in [-0.05, 0) is 42.6 Å². The summed E-state index contributed by atoms with van der Waals surface area (Å²) in [6.07, 6.45) is 0. The molecule has 0 atom stereocenters. The van der Waals surface area contributed by atoms with Crippen LogP contribution in [0.25, 0.3) is 10.6 Å². The fourth-order valence-electron chi connectivity index (χ4n) is 3.68. The molecule has 1 aliphatic heterocycles. The Hall–Kier alpha value is -3.96. The minimum absolute atomic E-state index is 0.0677. The third-order valence-electron chi connectivity index (χ3n) is 5.27. The number of rotatable bonds is 5. The number of hydrogen-bond acceptors (Lipinski definition) is 8. The Bertz CT molecular complexity index is 1240. The van der Waals surface area contributed by atoms with Gasteiger partial charge in [-0.25, -0.2) is 4.79 Å². The van der Waals surface area contributed by atoms with E-state index in [0.717, 1.165) is 21.9 Å². The zero-order valence-electron chi connectivity index (χ0n) is 17.8. The summed E-state index contributed by atoms with van der Waals surface area (Å²) in [5, 5.41) is 11.6. The molecule has 0 amide bonds. The van der Waals surface area contributed by atoms with E-state index in [0.29, 0.717) is 11.5 Å². The molecule has 0 spiro atoms. The van der Waals surface area contributed by atoms with Crippen LogP contribution in [0.4, 0.5) is 11.4 Å². The zero-order chi connectivity index (χ0) is 22.8. The zero-order valence-corrected chi connectivity index (χ0v) is 18.6. The highest BCUT2D eigenvalue weighted by Crippen LogP contribution is 2.40. The van der Waals surface area contributed by atoms with Gasteiger partial charge in [0.15, 0.2) is 6.61 Å². The van der Waals surface area contributed by atoms with E-state index in [1.54, 1.807) is 54.3 Å². The first kappa shape index (κ1) is 21.3. The molecule has 2 aromatic heterocycles. The second kappa shape index (κ2) is 8.65. The number of carbonyl (C=O) groups is 2. The number of nitrogens with zero attached hydrogens (tertiary/aromatic N) is 4. The van der Waals surface area contributed by atoms with Crippen LogP contribution >= 0.6 is 11.3 Å². The lowest BCUT2D eigenvalue weighted by molar-refractivity contribution is -0.118. The first-order chi connectivity index (χ1) is 15.4. The summed E-state index contributed by atoms with van der Waals surface area (Å²) in [7, 11) is 3.58. The Balaban J connectivity index is 1.50. The number of hydrogen-bond donors (Lipinski definition) is 0. The van der Waals surface area contributed by atoms with Gasteiger partial charge >= 0.3 is 5.97 Å². The summed E-state index contributed by atoms with van der Waals surface area (Å²) in [6.45, 7) is 1.19. The smallest absolute Gasteiger partial charge is 0.340 e. The van der Waals surface area contributed by atoms with Crippen LogP contribution < -0.4 is 9.80 Å². The van der Waals surface area contributed by atoms with Crippen LogP contribution in [0.2, 0.25) is 0 Å². The average Bonchev–Trinajstić information content (AvgIpc) is 3.42. The van der Waals surface area contributed by atoms with Gasteiger partial charge in [0.1, 0.15) is 17.5 Å². The predicted molar refractivity (Wildman–Crippen MR) is 123 cm³/mol. The van der Waals surface area contributed by atoms with E-state index in [-0.39, 0.29) is 11.1 Å². The number of ether oxygens (including phenoxy) is 1. The minimum atomic E-state index is -0.653. The third-order valence-corrected chi connectivity index (χ3v) is 6.16. The summed E-state index contributed by atoms with van der Waals surface area (Å²) in [4.78, 5) is 34.4. The van der Waals surface area contributed by atoms with Gasteiger partial charge in [0.2, 0.25) is 5.78 Å². The summed E-state index contributed by atoms with van der Waals surface area (Å²) in [6, 6.07) is 16.9. The molecule has 0 bridgehead atoms. The summed E-state index contributed by atoms with van der Waals surface area (Å²) in [5.74, 6) is -0.768. The van der Waals surface area contributed by atoms with Gasteiger partial charge in [0.05, 0.1) is 33.2 Å². The quantitative estimate of drug-likeness (QED) is 0.332. The number of pyridine rings is 1. The van der Waals surface area contributed by atoms with Gasteiger partial charge in [0.25, 0.3) is 0 Å². The molecule has 0 saturated heterocycles. The Morgan fingerprint density at radius 1 is 1.06 bits per heavy atom. The predicted octanol–water partition coefficient (Wildman–Crippen LogP) is 4.17. The van der Waals surface area contributed by atoms with E-state index in [1.165, 1.54) is 0 Å². The van der Waals surface area contributed by atoms with Crippen molar-refractivity contribution >= 4 is 34.5 Å². The normalized spacial score (nSPS) is 12.4. The highest BCUT2D eigenvalue weighted by molar-refractivity contribution is 7.13. The van der Waals surface area contributed by atoms with Gasteiger partial charge in [-0.3, -0.25) is 9.78 Å². The highest BCUT2D eigenvalue weighted by Gasteiger charge is 2.31. The fourth-order valence-corrected chi connectivity index (χ4v) is 4.37. The number of anilines is 2. The Morgan fingerprint density at radius 3 is 2.31 bits per heavy atom. The summed E-state index contributed by atoms with van der Waals surface area (Å²) >= 11 is 1.56. The van der Waals surface area contributed by atoms with Crippen LogP contribution in [0, 0.1) is 18.3 Å². The molecule has 0 aliphatic carbocycles. The molecular weight excluding hydrogens is 424 g/mol. The van der Waals surface area contributed by atoms with E-state index >= 15 is 0 Å². The van der Waals surface area contributed by atoms with E-state index in [1.807, 2.05) is 47.8 Å². The molecule has 0 unspecified atom stereocenters. The van der Waals surface area contributed by atoms with E-state index < -0.39 is 18.4 Å². The number of fused-ring (bicyclic) bond motifs is 1. The van der Waals surface area contributed by atoms with Crippen LogP contribution in [0.5, 0.6) is 0 Å². The van der Waals surface area contributed by atoms with Crippen molar-refractivity contribution in [2.75, 3.05) is 30.5 Å². The van der Waals surface area contributed by atoms with Crippen molar-refractivity contribution in [2.24, 2.45) is 0 Å². The number of Topliss-reactive ketones (excluding diaryl/α,β-unsaturated/α-hetero) is 1. The first-order valence-corrected chi connectivity index (χ1v) is 10.7. The molecule has 1 aliphatic rings. The Morgan fingerprint density at radius 2 is 1.75 bits per heavy atom. The lowest BCUT2D eigenvalue weighted by Crippen LogP contribution is -2.28. The number of aryl methyl sites for hydroxylation is 1. The van der Waals surface area contributed by atoms with Crippen molar-refractivity contribution in [1.29, 1.82) is 5.26 Å². The number of esters is 1. The van der Waals surface area contributed by atoms with Crippen molar-refractivity contribution in [2.45, 2.75) is 6.92 Å². The maximum absolute atomic E-state index is 12.8. The second-order valence-electron chi connectivity index (χ2n) is 7.22. The standard InChI is InChI=1S/C24H20N4O3S/c1-15-16(10-11-18(26-15)22-9-6-12-32-22)24(30)31-14-21(29)17(13-25)23-27(2)19-7-4-5-8-20(19)28(23)3/h4-12H,14H2,1-3H3. The molecule has 0 N–H and O–H groups in total. The van der Waals surface area contributed by atoms with Crippen molar-refractivity contribution in [1.82, 2.24) is 4.98 Å². The lowest BCUT2D eigenvalue weighted by atomic mass is 10.1. The van der Waals surface area contributed by atoms with Crippen LogP contribution in [0.1, 0.15) is 16.1 Å². The van der Waals surface area contributed by atoms with Crippen molar-refractivity contribution in [3.05, 3.63) is 76.6 Å². The van der Waals surface area contributed by atoms with Crippen molar-refractivity contribution in [3.8, 4) is 16.6 Å². The number of para-hydroxylation sites is 2. The molecule has 32 heavy (non-hydrogen) atoms. The monoisotopic (exact) mass is 444 g/mol. The molecule has 1 aromatic carbocycles. The molecular formula is C24H20N4O3S. The van der Waals surface area contributed by atoms with Gasteiger partial charge in [0, 0.05) is 14.1 Å². The van der Waals surface area contributed by atoms with E-state index in [2.05, 4.69) is 4.98 Å². The Labute approximate surface area is 189 Å². The lowest BCUT2D eigenvalue weighted by Gasteiger charge is -2.19. The highest BCUT2D eigenvalue weighted by atomic mass is 32.1. The van der Waals surface area contributed by atoms with Crippen molar-refractivity contribution < 1.29 is 14.3 Å². The number of benzene rings is 1. The van der Waals surface area contributed by atoms with E-state index in [4.69, 9.17) is 4.74 Å². The largest absolute Gasteiger partial charge is 0.454 e. The minimum Gasteiger partial charge on any atom is -0.454 e. The molecule has 0 saturated carbocycles. The van der Waals surface area contributed by atoms with Crippen LogP contribution in [0.3, 0.4) is 0 Å². The maximum Gasteiger partial charge on any atom is 0.340 e. The number of ketones is 1. The third kappa shape index (κ3) is 3.74. The summed E-state index contributed by atoms with van der Waals surface area (Å²) in [5.41, 5.74) is 3.27. The van der Waals surface area contributed by atoms with Gasteiger partial charge in [-0.15, -0.1) is 11.3 Å². The van der Waals surface area contributed by atoms with Crippen LogP contribution in [-0.2, 0) is 9.53 Å². The molecule has 8 heteroatoms. The fraction of sp³-hybridized carbons (Fsp3) is 0.167. The van der Waals surface area contributed by atoms with E-state index in [9.17, 15) is 14.9 Å². The van der Waals surface area contributed by atoms with Crippen LogP contribution in [-0.4, -0.2) is 37.4 Å². The maximum atomic E-state index is 12.8. The van der Waals surface area contributed by atoms with Gasteiger partial charge < -0.3 is 14.5 Å². The molecule has 3 aromatic rings. The molecule has 160 valence electrons. The SMILES string of the molecule is Cc1nc(-c2cccs2)ccc1C(=O)OCC(=O)C(C#N)=C1N(C)c2ccccc2N1C. The number of thiophene rings is 1. The van der Waals surface area contributed by atoms with Crippen LogP contribution in [0.15, 0.2) is 65.3 Å².